The van der Waals surface area contributed by atoms with E-state index in [2.05, 4.69) is 18.6 Å². The standard InChI is InChI=1S/C29H27FN2O6P2S/c1-29(2,3)37-19-10-7-17(8-11-19)14-24(28(35)36-4)32-26(33)23-16-21(27(34)38-40(30)39)20-15-18(9-12-22(20)31-23)25-6-5-13-41-25/h5-13,15-16,24H,14H2,1-4H3,(H,32,33)/t24-/m0/s1. The average molecular weight is 613 g/mol. The number of ether oxygens (including phenoxy) is 2. The van der Waals surface area contributed by atoms with E-state index < -0.39 is 31.4 Å². The SMILES string of the molecule is COC(=O)[C@H](Cc1ccc(OC(C)(C)C)cc1)NC(=O)c1cc(C(=O)OP(F)#P)c2cc(-c3cccs3)ccc2n1. The minimum absolute atomic E-state index is 0.0539. The molecular weight excluding hydrogens is 585 g/mol. The number of amides is 1. The summed E-state index contributed by atoms with van der Waals surface area (Å²) in [5.41, 5.74) is 1.31. The van der Waals surface area contributed by atoms with Crippen molar-refractivity contribution in [1.29, 1.82) is 0 Å². The molecule has 0 saturated carbocycles. The number of aromatic nitrogens is 1. The molecule has 1 N–H and O–H groups in total. The normalized spacial score (nSPS) is 12.3. The Morgan fingerprint density at radius 3 is 2.44 bits per heavy atom. The molecule has 2 atom stereocenters. The Hall–Kier alpha value is -3.58. The van der Waals surface area contributed by atoms with Gasteiger partial charge in [-0.15, -0.1) is 0 Å². The molecule has 0 aliphatic heterocycles. The zero-order chi connectivity index (χ0) is 29.7. The molecule has 212 valence electrons. The van der Waals surface area contributed by atoms with Gasteiger partial charge in [0.1, 0.15) is 11.4 Å². The first-order valence-corrected chi connectivity index (χ1v) is 15.6. The number of hydrogen-bond acceptors (Lipinski definition) is 8. The summed E-state index contributed by atoms with van der Waals surface area (Å²) in [5.74, 6) is -1.70. The number of benzene rings is 2. The molecule has 0 radical (unpaired) electrons. The molecule has 2 aromatic carbocycles. The summed E-state index contributed by atoms with van der Waals surface area (Å²) in [7, 11) is 2.00. The second-order valence-electron chi connectivity index (χ2n) is 9.98. The third kappa shape index (κ3) is 8.00. The number of halogens is 1. The van der Waals surface area contributed by atoms with Gasteiger partial charge in [-0.05, 0) is 32.9 Å². The molecule has 0 fully saturated rings. The van der Waals surface area contributed by atoms with Crippen LogP contribution < -0.4 is 10.1 Å². The van der Waals surface area contributed by atoms with Crippen molar-refractivity contribution in [3.05, 3.63) is 82.9 Å². The Labute approximate surface area is 243 Å². The molecular formula is C29H27FN2O6P2S. The van der Waals surface area contributed by atoms with Gasteiger partial charge in [-0.1, -0.05) is 0 Å². The molecule has 2 heterocycles. The van der Waals surface area contributed by atoms with Crippen molar-refractivity contribution in [1.82, 2.24) is 10.3 Å². The molecule has 1 amide bonds. The van der Waals surface area contributed by atoms with E-state index in [1.54, 1.807) is 36.4 Å². The molecule has 4 rings (SSSR count). The molecule has 2 aromatic heterocycles. The summed E-state index contributed by atoms with van der Waals surface area (Å²) < 4.78 is 29.0. The summed E-state index contributed by atoms with van der Waals surface area (Å²) in [5, 5.41) is 4.95. The van der Waals surface area contributed by atoms with Crippen LogP contribution in [0, 0.1) is 0 Å². The summed E-state index contributed by atoms with van der Waals surface area (Å²) in [6.45, 7) is 5.81. The van der Waals surface area contributed by atoms with Gasteiger partial charge in [0.2, 0.25) is 0 Å². The zero-order valence-electron chi connectivity index (χ0n) is 22.7. The van der Waals surface area contributed by atoms with E-state index in [9.17, 15) is 18.6 Å². The number of rotatable bonds is 8. The van der Waals surface area contributed by atoms with Crippen LogP contribution in [0.3, 0.4) is 0 Å². The maximum atomic E-state index is 13.5. The van der Waals surface area contributed by atoms with E-state index in [4.69, 9.17) is 14.0 Å². The topological polar surface area (TPSA) is 104 Å². The number of carbonyl (C=O) groups is 3. The first-order chi connectivity index (χ1) is 19.4. The van der Waals surface area contributed by atoms with Gasteiger partial charge >= 0.3 is 195 Å². The van der Waals surface area contributed by atoms with Crippen molar-refractivity contribution >= 4 is 56.0 Å². The molecule has 0 aliphatic rings. The van der Waals surface area contributed by atoms with Crippen molar-refractivity contribution < 1.29 is 32.6 Å². The number of fused-ring (bicyclic) bond motifs is 1. The Morgan fingerprint density at radius 1 is 1.10 bits per heavy atom. The van der Waals surface area contributed by atoms with Gasteiger partial charge in [-0.25, -0.2) is 0 Å². The van der Waals surface area contributed by atoms with E-state index >= 15 is 0 Å². The number of carbonyl (C=O) groups excluding carboxylic acids is 3. The van der Waals surface area contributed by atoms with Crippen LogP contribution in [0.25, 0.3) is 21.3 Å². The van der Waals surface area contributed by atoms with Crippen molar-refractivity contribution in [2.45, 2.75) is 38.8 Å². The average Bonchev–Trinajstić information content (AvgIpc) is 3.46. The number of pyridine rings is 1. The Kier molecular flexibility index (Phi) is 9.59. The van der Waals surface area contributed by atoms with E-state index in [1.165, 1.54) is 24.5 Å². The second-order valence-corrected chi connectivity index (χ2v) is 12.5. The molecule has 0 saturated heterocycles. The first-order valence-electron chi connectivity index (χ1n) is 12.5. The fraction of sp³-hybridized carbons (Fsp3) is 0.241. The van der Waals surface area contributed by atoms with Crippen LogP contribution in [-0.4, -0.2) is 41.6 Å². The third-order valence-corrected chi connectivity index (χ3v) is 7.28. The van der Waals surface area contributed by atoms with Crippen molar-refractivity contribution in [2.75, 3.05) is 7.11 Å². The van der Waals surface area contributed by atoms with Gasteiger partial charge in [-0.2, -0.15) is 0 Å². The molecule has 1 unspecified atom stereocenters. The van der Waals surface area contributed by atoms with E-state index in [-0.39, 0.29) is 23.3 Å². The molecule has 0 spiro atoms. The number of thiophene rings is 1. The predicted octanol–water partition coefficient (Wildman–Crippen LogP) is 7.42. The molecule has 12 heteroatoms. The summed E-state index contributed by atoms with van der Waals surface area (Å²) in [6.07, 6.45) is 0.132. The maximum absolute atomic E-state index is 13.5. The molecule has 0 bridgehead atoms. The van der Waals surface area contributed by atoms with Crippen LogP contribution in [-0.2, 0) is 20.5 Å². The zero-order valence-corrected chi connectivity index (χ0v) is 25.3. The monoisotopic (exact) mass is 612 g/mol. The summed E-state index contributed by atoms with van der Waals surface area (Å²) in [4.78, 5) is 44.1. The molecule has 4 aromatic rings. The molecule has 0 aliphatic carbocycles. The van der Waals surface area contributed by atoms with Crippen LogP contribution in [0.2, 0.25) is 0 Å². The number of hydrogen-bond donors (Lipinski definition) is 1. The van der Waals surface area contributed by atoms with Crippen LogP contribution in [0.1, 0.15) is 47.2 Å². The summed E-state index contributed by atoms with van der Waals surface area (Å²) >= 11 is 1.51. The van der Waals surface area contributed by atoms with Crippen LogP contribution in [0.15, 0.2) is 66.0 Å². The molecule has 8 nitrogen and oxygen atoms in total. The number of nitrogens with zero attached hydrogens (tertiary/aromatic N) is 1. The van der Waals surface area contributed by atoms with Crippen molar-refractivity contribution in [3.63, 3.8) is 0 Å². The Balaban J connectivity index is 1.64. The number of methoxy groups -OCH3 is 1. The van der Waals surface area contributed by atoms with Gasteiger partial charge in [0.25, 0.3) is 0 Å². The quantitative estimate of drug-likeness (QED) is 0.163. The fourth-order valence-electron chi connectivity index (χ4n) is 4.08. The summed E-state index contributed by atoms with van der Waals surface area (Å²) in [6, 6.07) is 16.3. The van der Waals surface area contributed by atoms with Crippen LogP contribution >= 0.6 is 27.2 Å². The fourth-order valence-corrected chi connectivity index (χ4v) is 5.26. The van der Waals surface area contributed by atoms with E-state index in [0.717, 1.165) is 16.0 Å². The Bertz CT molecular complexity index is 1660. The van der Waals surface area contributed by atoms with Crippen LogP contribution in [0.4, 0.5) is 4.20 Å². The minimum atomic E-state index is -2.80. The van der Waals surface area contributed by atoms with Gasteiger partial charge in [0.05, 0.1) is 0 Å². The number of esters is 1. The van der Waals surface area contributed by atoms with E-state index in [0.29, 0.717) is 16.7 Å². The van der Waals surface area contributed by atoms with Gasteiger partial charge in [0, 0.05) is 0 Å². The Morgan fingerprint density at radius 2 is 1.83 bits per heavy atom. The van der Waals surface area contributed by atoms with E-state index in [1.807, 2.05) is 44.4 Å². The van der Waals surface area contributed by atoms with Crippen molar-refractivity contribution in [3.8, 4) is 16.2 Å². The van der Waals surface area contributed by atoms with Gasteiger partial charge in [-0.3, -0.25) is 0 Å². The van der Waals surface area contributed by atoms with Crippen LogP contribution in [0.5, 0.6) is 5.75 Å². The van der Waals surface area contributed by atoms with Gasteiger partial charge in [0.15, 0.2) is 0 Å². The predicted molar refractivity (Wildman–Crippen MR) is 159 cm³/mol. The third-order valence-electron chi connectivity index (χ3n) is 5.80. The first kappa shape index (κ1) is 30.4. The van der Waals surface area contributed by atoms with Gasteiger partial charge < -0.3 is 4.74 Å². The second kappa shape index (κ2) is 12.9. The van der Waals surface area contributed by atoms with Crippen molar-refractivity contribution in [2.24, 2.45) is 0 Å². The number of nitrogens with one attached hydrogen (secondary N) is 1. The molecule has 41 heavy (non-hydrogen) atoms.